The SMILES string of the molecule is Cc1cc2c3c(c1)N(c1ccccc1C)c1c(ccc4sc5ccc(C(C)(C)C)cc5c14)B3c1cc3c(cc1N2c1cc2c(cc1C)C(C)(C)CCC2(C)C)C(C)(C)CC3(C)C. The Bertz CT molecular complexity index is 3090. The highest BCUT2D eigenvalue weighted by molar-refractivity contribution is 7.26. The van der Waals surface area contributed by atoms with Gasteiger partial charge in [0.25, 0.3) is 6.71 Å². The molecule has 1 aromatic heterocycles. The molecule has 0 fully saturated rings. The highest BCUT2D eigenvalue weighted by Crippen LogP contribution is 2.55. The molecule has 0 saturated heterocycles. The summed E-state index contributed by atoms with van der Waals surface area (Å²) in [4.78, 5) is 5.40. The summed E-state index contributed by atoms with van der Waals surface area (Å²) in [7, 11) is 0. The number of anilines is 6. The third-order valence-corrected chi connectivity index (χ3v) is 17.1. The van der Waals surface area contributed by atoms with Crippen molar-refractivity contribution in [1.82, 2.24) is 0 Å². The molecule has 2 nitrogen and oxygen atoms in total. The van der Waals surface area contributed by atoms with Gasteiger partial charge in [-0.05, 0) is 177 Å². The molecular formula is C58H63BN2S. The number of hydrogen-bond donors (Lipinski definition) is 0. The van der Waals surface area contributed by atoms with Crippen LogP contribution in [0.3, 0.4) is 0 Å². The van der Waals surface area contributed by atoms with Crippen LogP contribution in [0.4, 0.5) is 34.1 Å². The fourth-order valence-corrected chi connectivity index (χ4v) is 13.8. The van der Waals surface area contributed by atoms with Gasteiger partial charge in [0, 0.05) is 48.6 Å². The minimum atomic E-state index is 0.0398. The molecule has 3 heterocycles. The standard InChI is InChI=1S/C58H63BN2S/c1-33-25-47-52-48(26-33)61(44-18-16-15-17-34(44)2)53-42(20-22-50-51(53)37-28-36(54(4,5)6)19-21-49(37)62-50)59(52)43-29-39-41(58(13,14)32-57(39,11)12)31-46(43)60(47)45-30-40-38(27-35(45)3)55(7,8)23-24-56(40,9)10/h15-22,25-31H,23-24,32H2,1-14H3. The Morgan fingerprint density at radius 3 is 1.81 bits per heavy atom. The van der Waals surface area contributed by atoms with Crippen LogP contribution in [0.15, 0.2) is 91.0 Å². The predicted molar refractivity (Wildman–Crippen MR) is 272 cm³/mol. The molecular weight excluding hydrogens is 768 g/mol. The lowest BCUT2D eigenvalue weighted by atomic mass is 9.33. The van der Waals surface area contributed by atoms with Crippen LogP contribution in [0, 0.1) is 20.8 Å². The van der Waals surface area contributed by atoms with Crippen LogP contribution in [0.5, 0.6) is 0 Å². The first-order valence-corrected chi connectivity index (χ1v) is 24.0. The van der Waals surface area contributed by atoms with Gasteiger partial charge in [-0.15, -0.1) is 11.3 Å². The lowest BCUT2D eigenvalue weighted by Crippen LogP contribution is -2.61. The Hall–Kier alpha value is -4.80. The average Bonchev–Trinajstić information content (AvgIpc) is 3.65. The molecule has 0 spiro atoms. The van der Waals surface area contributed by atoms with Crippen LogP contribution in [0.25, 0.3) is 20.2 Å². The van der Waals surface area contributed by atoms with Gasteiger partial charge in [0.2, 0.25) is 0 Å². The van der Waals surface area contributed by atoms with Crippen LogP contribution in [-0.2, 0) is 27.1 Å². The van der Waals surface area contributed by atoms with Gasteiger partial charge in [-0.1, -0.05) is 119 Å². The highest BCUT2D eigenvalue weighted by Gasteiger charge is 2.49. The summed E-state index contributed by atoms with van der Waals surface area (Å²) < 4.78 is 2.71. The van der Waals surface area contributed by atoms with Crippen molar-refractivity contribution in [2.45, 2.75) is 143 Å². The van der Waals surface area contributed by atoms with Crippen molar-refractivity contribution >= 4 is 88.7 Å². The molecule has 11 rings (SSSR count). The van der Waals surface area contributed by atoms with Gasteiger partial charge in [-0.25, -0.2) is 0 Å². The summed E-state index contributed by atoms with van der Waals surface area (Å²) in [6.45, 7) is 33.9. The molecule has 0 atom stereocenters. The van der Waals surface area contributed by atoms with Crippen molar-refractivity contribution in [2.24, 2.45) is 0 Å². The first-order valence-electron chi connectivity index (χ1n) is 23.2. The second-order valence-corrected chi connectivity index (χ2v) is 24.5. The Balaban J connectivity index is 1.30. The monoisotopic (exact) mass is 830 g/mol. The quantitative estimate of drug-likeness (QED) is 0.160. The molecule has 2 aliphatic carbocycles. The molecule has 0 unspecified atom stereocenters. The van der Waals surface area contributed by atoms with Gasteiger partial charge in [-0.2, -0.15) is 0 Å². The molecule has 62 heavy (non-hydrogen) atoms. The zero-order valence-electron chi connectivity index (χ0n) is 39.7. The van der Waals surface area contributed by atoms with E-state index in [9.17, 15) is 0 Å². The topological polar surface area (TPSA) is 6.48 Å². The average molecular weight is 831 g/mol. The number of benzene rings is 6. The van der Waals surface area contributed by atoms with E-state index in [0.717, 1.165) is 6.42 Å². The number of nitrogens with zero attached hydrogens (tertiary/aromatic N) is 2. The summed E-state index contributed by atoms with van der Waals surface area (Å²) in [5, 5.41) is 2.75. The lowest BCUT2D eigenvalue weighted by molar-refractivity contribution is 0.332. The first kappa shape index (κ1) is 40.0. The van der Waals surface area contributed by atoms with Crippen LogP contribution in [0.2, 0.25) is 0 Å². The van der Waals surface area contributed by atoms with Crippen molar-refractivity contribution < 1.29 is 0 Å². The van der Waals surface area contributed by atoms with Crippen molar-refractivity contribution in [1.29, 1.82) is 0 Å². The summed E-state index contributed by atoms with van der Waals surface area (Å²) in [5.74, 6) is 0. The molecule has 4 heteroatoms. The molecule has 0 bridgehead atoms. The number of hydrogen-bond acceptors (Lipinski definition) is 3. The van der Waals surface area contributed by atoms with Crippen molar-refractivity contribution in [3.63, 3.8) is 0 Å². The zero-order chi connectivity index (χ0) is 43.8. The summed E-state index contributed by atoms with van der Waals surface area (Å²) in [6, 6.07) is 36.8. The molecule has 0 amide bonds. The van der Waals surface area contributed by atoms with E-state index in [4.69, 9.17) is 0 Å². The van der Waals surface area contributed by atoms with Gasteiger partial charge in [0.05, 0.1) is 5.69 Å². The molecule has 6 aromatic carbocycles. The molecule has 4 aliphatic rings. The maximum Gasteiger partial charge on any atom is 0.252 e. The fraction of sp³-hybridized carbons (Fsp3) is 0.379. The minimum Gasteiger partial charge on any atom is -0.311 e. The summed E-state index contributed by atoms with van der Waals surface area (Å²) in [6.07, 6.45) is 3.54. The van der Waals surface area contributed by atoms with Crippen molar-refractivity contribution in [3.8, 4) is 0 Å². The van der Waals surface area contributed by atoms with Gasteiger partial charge in [0.15, 0.2) is 0 Å². The third-order valence-electron chi connectivity index (χ3n) is 15.9. The van der Waals surface area contributed by atoms with E-state index < -0.39 is 0 Å². The minimum absolute atomic E-state index is 0.0398. The van der Waals surface area contributed by atoms with E-state index in [-0.39, 0.29) is 33.8 Å². The van der Waals surface area contributed by atoms with E-state index in [0.29, 0.717) is 0 Å². The number of rotatable bonds is 2. The summed E-state index contributed by atoms with van der Waals surface area (Å²) in [5.41, 5.74) is 23.9. The van der Waals surface area contributed by atoms with Gasteiger partial charge >= 0.3 is 0 Å². The Kier molecular flexibility index (Phi) is 8.19. The van der Waals surface area contributed by atoms with Crippen molar-refractivity contribution in [2.75, 3.05) is 9.80 Å². The number of aryl methyl sites for hydroxylation is 3. The van der Waals surface area contributed by atoms with Gasteiger partial charge in [-0.3, -0.25) is 0 Å². The van der Waals surface area contributed by atoms with Crippen LogP contribution in [0.1, 0.15) is 140 Å². The van der Waals surface area contributed by atoms with Gasteiger partial charge in [0.1, 0.15) is 0 Å². The molecule has 2 aliphatic heterocycles. The second-order valence-electron chi connectivity index (χ2n) is 23.4. The maximum atomic E-state index is 2.72. The second kappa shape index (κ2) is 12.7. The fourth-order valence-electron chi connectivity index (χ4n) is 12.7. The number of thiophene rings is 1. The van der Waals surface area contributed by atoms with Crippen LogP contribution < -0.4 is 26.2 Å². The van der Waals surface area contributed by atoms with E-state index in [2.05, 4.69) is 198 Å². The smallest absolute Gasteiger partial charge is 0.252 e. The van der Waals surface area contributed by atoms with Crippen LogP contribution >= 0.6 is 11.3 Å². The predicted octanol–water partition coefficient (Wildman–Crippen LogP) is 14.7. The highest BCUT2D eigenvalue weighted by atomic mass is 32.1. The molecule has 7 aromatic rings. The molecule has 0 saturated carbocycles. The van der Waals surface area contributed by atoms with Crippen LogP contribution in [-0.4, -0.2) is 6.71 Å². The maximum absolute atomic E-state index is 2.72. The zero-order valence-corrected chi connectivity index (χ0v) is 40.5. The van der Waals surface area contributed by atoms with E-state index >= 15 is 0 Å². The van der Waals surface area contributed by atoms with E-state index in [1.807, 2.05) is 11.3 Å². The number of para-hydroxylation sites is 1. The molecule has 0 N–H and O–H groups in total. The lowest BCUT2D eigenvalue weighted by Gasteiger charge is -2.47. The summed E-state index contributed by atoms with van der Waals surface area (Å²) >= 11 is 1.94. The Labute approximate surface area is 375 Å². The Morgan fingerprint density at radius 1 is 0.532 bits per heavy atom. The first-order chi connectivity index (χ1) is 29.1. The van der Waals surface area contributed by atoms with Crippen molar-refractivity contribution in [3.05, 3.63) is 136 Å². The number of fused-ring (bicyclic) bond motifs is 10. The molecule has 314 valence electrons. The van der Waals surface area contributed by atoms with Gasteiger partial charge < -0.3 is 9.80 Å². The van der Waals surface area contributed by atoms with E-state index in [1.54, 1.807) is 0 Å². The Morgan fingerprint density at radius 2 is 1.13 bits per heavy atom. The third kappa shape index (κ3) is 5.53. The normalized spacial score (nSPS) is 18.7. The van der Waals surface area contributed by atoms with E-state index in [1.165, 1.54) is 128 Å². The largest absolute Gasteiger partial charge is 0.311 e. The molecule has 0 radical (unpaired) electrons.